The summed E-state index contributed by atoms with van der Waals surface area (Å²) < 4.78 is 0. The van der Waals surface area contributed by atoms with Gasteiger partial charge in [-0.25, -0.2) is 0 Å². The van der Waals surface area contributed by atoms with Gasteiger partial charge in [-0.05, 0) is 38.1 Å². The average molecular weight is 283 g/mol. The van der Waals surface area contributed by atoms with Crippen molar-refractivity contribution in [2.24, 2.45) is 0 Å². The van der Waals surface area contributed by atoms with Crippen molar-refractivity contribution in [3.05, 3.63) is 65.7 Å². The van der Waals surface area contributed by atoms with Gasteiger partial charge in [-0.2, -0.15) is 0 Å². The van der Waals surface area contributed by atoms with Crippen LogP contribution in [0.2, 0.25) is 0 Å². The number of aromatic hydroxyl groups is 1. The van der Waals surface area contributed by atoms with Crippen LogP contribution < -0.4 is 5.32 Å². The molecule has 0 aromatic heterocycles. The number of nitrogens with one attached hydrogen (secondary N) is 1. The lowest BCUT2D eigenvalue weighted by molar-refractivity contribution is 0.103. The summed E-state index contributed by atoms with van der Waals surface area (Å²) in [6, 6.07) is 15.5. The van der Waals surface area contributed by atoms with Gasteiger partial charge in [0.15, 0.2) is 5.78 Å². The first-order valence-corrected chi connectivity index (χ1v) is 7.37. The normalized spacial score (nSPS) is 13.9. The Morgan fingerprint density at radius 3 is 2.00 bits per heavy atom. The number of hydrogen-bond donors (Lipinski definition) is 2. The van der Waals surface area contributed by atoms with E-state index < -0.39 is 0 Å². The molecule has 2 aromatic rings. The Morgan fingerprint density at radius 2 is 1.48 bits per heavy atom. The maximum atomic E-state index is 11.9. The van der Waals surface area contributed by atoms with Gasteiger partial charge in [-0.1, -0.05) is 48.9 Å². The van der Waals surface area contributed by atoms with Crippen molar-refractivity contribution in [2.45, 2.75) is 19.3 Å². The molecule has 1 fully saturated rings. The van der Waals surface area contributed by atoms with Gasteiger partial charge >= 0.3 is 0 Å². The standard InChI is InChI=1S/C13H10O2.C5H11N/c14-12-9-5-4-8-11(12)13(15)10-6-2-1-3-7-10;1-2-4-6-5-3-1/h1-9,14H;6H,1-5H2. The number of hydrogen-bond acceptors (Lipinski definition) is 3. The zero-order valence-corrected chi connectivity index (χ0v) is 12.1. The van der Waals surface area contributed by atoms with Crippen LogP contribution in [0.3, 0.4) is 0 Å². The summed E-state index contributed by atoms with van der Waals surface area (Å²) >= 11 is 0. The SMILES string of the molecule is C1CCNCC1.O=C(c1ccccc1)c1ccccc1O. The Bertz CT molecular complexity index is 551. The fraction of sp³-hybridized carbons (Fsp3) is 0.278. The van der Waals surface area contributed by atoms with Crippen molar-refractivity contribution in [1.29, 1.82) is 0 Å². The Labute approximate surface area is 125 Å². The summed E-state index contributed by atoms with van der Waals surface area (Å²) in [7, 11) is 0. The molecular weight excluding hydrogens is 262 g/mol. The highest BCUT2D eigenvalue weighted by Gasteiger charge is 2.11. The summed E-state index contributed by atoms with van der Waals surface area (Å²) in [6.45, 7) is 2.50. The number of carbonyl (C=O) groups excluding carboxylic acids is 1. The van der Waals surface area contributed by atoms with Crippen LogP contribution >= 0.6 is 0 Å². The van der Waals surface area contributed by atoms with Crippen LogP contribution in [0.1, 0.15) is 35.2 Å². The molecule has 2 N–H and O–H groups in total. The number of phenolic OH excluding ortho intramolecular Hbond substituents is 1. The highest BCUT2D eigenvalue weighted by atomic mass is 16.3. The van der Waals surface area contributed by atoms with Crippen molar-refractivity contribution < 1.29 is 9.90 Å². The first-order valence-electron chi connectivity index (χ1n) is 7.37. The molecule has 1 aliphatic rings. The minimum Gasteiger partial charge on any atom is -0.507 e. The van der Waals surface area contributed by atoms with Crippen LogP contribution in [0, 0.1) is 0 Å². The topological polar surface area (TPSA) is 49.3 Å². The van der Waals surface area contributed by atoms with E-state index in [1.54, 1.807) is 42.5 Å². The maximum Gasteiger partial charge on any atom is 0.196 e. The van der Waals surface area contributed by atoms with Gasteiger partial charge in [0.25, 0.3) is 0 Å². The van der Waals surface area contributed by atoms with E-state index in [1.165, 1.54) is 38.4 Å². The number of phenols is 1. The summed E-state index contributed by atoms with van der Waals surface area (Å²) in [5.74, 6) is -0.139. The molecule has 0 radical (unpaired) electrons. The molecule has 3 nitrogen and oxygen atoms in total. The van der Waals surface area contributed by atoms with E-state index in [2.05, 4.69) is 5.32 Å². The highest BCUT2D eigenvalue weighted by Crippen LogP contribution is 2.19. The van der Waals surface area contributed by atoms with Crippen LogP contribution in [0.5, 0.6) is 5.75 Å². The molecule has 1 heterocycles. The van der Waals surface area contributed by atoms with Crippen LogP contribution in [0.15, 0.2) is 54.6 Å². The molecule has 0 spiro atoms. The molecule has 3 rings (SSSR count). The van der Waals surface area contributed by atoms with Crippen molar-refractivity contribution in [2.75, 3.05) is 13.1 Å². The largest absolute Gasteiger partial charge is 0.507 e. The number of para-hydroxylation sites is 1. The molecule has 0 saturated carbocycles. The van der Waals surface area contributed by atoms with E-state index in [4.69, 9.17) is 0 Å². The van der Waals surface area contributed by atoms with Crippen LogP contribution in [0.4, 0.5) is 0 Å². The fourth-order valence-electron chi connectivity index (χ4n) is 2.21. The lowest BCUT2D eigenvalue weighted by atomic mass is 10.0. The van der Waals surface area contributed by atoms with Crippen LogP contribution in [-0.4, -0.2) is 24.0 Å². The second-order valence-corrected chi connectivity index (χ2v) is 5.02. The molecule has 0 bridgehead atoms. The first kappa shape index (κ1) is 15.3. The van der Waals surface area contributed by atoms with Gasteiger partial charge < -0.3 is 10.4 Å². The van der Waals surface area contributed by atoms with E-state index in [-0.39, 0.29) is 11.5 Å². The van der Waals surface area contributed by atoms with Gasteiger partial charge in [0, 0.05) is 5.56 Å². The molecule has 1 aliphatic heterocycles. The van der Waals surface area contributed by atoms with Crippen molar-refractivity contribution in [3.63, 3.8) is 0 Å². The number of piperidine rings is 1. The van der Waals surface area contributed by atoms with Crippen LogP contribution in [-0.2, 0) is 0 Å². The van der Waals surface area contributed by atoms with Crippen LogP contribution in [0.25, 0.3) is 0 Å². The Balaban J connectivity index is 0.000000225. The molecule has 110 valence electrons. The lowest BCUT2D eigenvalue weighted by Crippen LogP contribution is -2.21. The zero-order valence-electron chi connectivity index (χ0n) is 12.1. The highest BCUT2D eigenvalue weighted by molar-refractivity contribution is 6.10. The molecule has 0 atom stereocenters. The third-order valence-corrected chi connectivity index (χ3v) is 3.39. The first-order chi connectivity index (χ1) is 10.3. The summed E-state index contributed by atoms with van der Waals surface area (Å²) in [5, 5.41) is 12.8. The maximum absolute atomic E-state index is 11.9. The summed E-state index contributed by atoms with van der Waals surface area (Å²) in [4.78, 5) is 11.9. The molecule has 2 aromatic carbocycles. The van der Waals surface area contributed by atoms with Gasteiger partial charge in [0.05, 0.1) is 5.56 Å². The number of carbonyl (C=O) groups is 1. The van der Waals surface area contributed by atoms with Crippen molar-refractivity contribution in [1.82, 2.24) is 5.32 Å². The quantitative estimate of drug-likeness (QED) is 0.831. The molecule has 3 heteroatoms. The number of rotatable bonds is 2. The van der Waals surface area contributed by atoms with Gasteiger partial charge in [-0.3, -0.25) is 4.79 Å². The lowest BCUT2D eigenvalue weighted by Gasteiger charge is -2.08. The molecular formula is C18H21NO2. The predicted octanol–water partition coefficient (Wildman–Crippen LogP) is 3.38. The van der Waals surface area contributed by atoms with E-state index in [9.17, 15) is 9.90 Å². The Kier molecular flexibility index (Phi) is 5.98. The third-order valence-electron chi connectivity index (χ3n) is 3.39. The smallest absolute Gasteiger partial charge is 0.196 e. The van der Waals surface area contributed by atoms with Crippen molar-refractivity contribution in [3.8, 4) is 5.75 Å². The zero-order chi connectivity index (χ0) is 14.9. The van der Waals surface area contributed by atoms with Gasteiger partial charge in [-0.15, -0.1) is 0 Å². The van der Waals surface area contributed by atoms with Gasteiger partial charge in [0.2, 0.25) is 0 Å². The molecule has 0 unspecified atom stereocenters. The number of benzene rings is 2. The van der Waals surface area contributed by atoms with E-state index in [0.717, 1.165) is 0 Å². The molecule has 0 amide bonds. The molecule has 0 aliphatic carbocycles. The Morgan fingerprint density at radius 1 is 0.857 bits per heavy atom. The fourth-order valence-corrected chi connectivity index (χ4v) is 2.21. The summed E-state index contributed by atoms with van der Waals surface area (Å²) in [5.41, 5.74) is 0.919. The van der Waals surface area contributed by atoms with Crippen molar-refractivity contribution >= 4 is 5.78 Å². The Hall–Kier alpha value is -2.13. The minimum atomic E-state index is -0.159. The monoisotopic (exact) mass is 283 g/mol. The average Bonchev–Trinajstić information content (AvgIpc) is 2.58. The molecule has 21 heavy (non-hydrogen) atoms. The van der Waals surface area contributed by atoms with E-state index in [1.807, 2.05) is 6.07 Å². The molecule has 1 saturated heterocycles. The number of ketones is 1. The third kappa shape index (κ3) is 4.72. The van der Waals surface area contributed by atoms with E-state index in [0.29, 0.717) is 11.1 Å². The predicted molar refractivity (Wildman–Crippen MR) is 84.7 cm³/mol. The summed E-state index contributed by atoms with van der Waals surface area (Å²) in [6.07, 6.45) is 4.22. The van der Waals surface area contributed by atoms with E-state index >= 15 is 0 Å². The minimum absolute atomic E-state index is 0.0198. The van der Waals surface area contributed by atoms with Gasteiger partial charge in [0.1, 0.15) is 5.75 Å². The second kappa shape index (κ2) is 8.22. The second-order valence-electron chi connectivity index (χ2n) is 5.02.